The highest BCUT2D eigenvalue weighted by Gasteiger charge is 2.23. The van der Waals surface area contributed by atoms with E-state index in [0.717, 1.165) is 40.6 Å². The Bertz CT molecular complexity index is 1470. The summed E-state index contributed by atoms with van der Waals surface area (Å²) in [7, 11) is 0. The molecule has 2 heterocycles. The van der Waals surface area contributed by atoms with Crippen LogP contribution in [0.5, 0.6) is 0 Å². The van der Waals surface area contributed by atoms with Gasteiger partial charge in [-0.3, -0.25) is 4.79 Å². The topological polar surface area (TPSA) is 72.7 Å². The SMILES string of the molecule is CCC(Sc1nnc2c3ccccc3n(CCc3ccccc3)c2n1)C(=O)NC(C)c1ccccc1. The Morgan fingerprint density at radius 1 is 0.944 bits per heavy atom. The van der Waals surface area contributed by atoms with Gasteiger partial charge in [-0.15, -0.1) is 10.2 Å². The molecule has 0 aliphatic carbocycles. The Labute approximate surface area is 215 Å². The molecule has 182 valence electrons. The van der Waals surface area contributed by atoms with E-state index in [-0.39, 0.29) is 17.2 Å². The smallest absolute Gasteiger partial charge is 0.234 e. The van der Waals surface area contributed by atoms with Crippen LogP contribution in [0, 0.1) is 0 Å². The molecule has 0 radical (unpaired) electrons. The number of para-hydroxylation sites is 1. The fraction of sp³-hybridized carbons (Fsp3) is 0.241. The van der Waals surface area contributed by atoms with E-state index in [2.05, 4.69) is 56.5 Å². The average Bonchev–Trinajstić information content (AvgIpc) is 3.24. The van der Waals surface area contributed by atoms with Gasteiger partial charge in [0.2, 0.25) is 11.1 Å². The van der Waals surface area contributed by atoms with E-state index >= 15 is 0 Å². The molecule has 1 amide bonds. The number of rotatable bonds is 9. The molecule has 0 bridgehead atoms. The fourth-order valence-corrected chi connectivity index (χ4v) is 5.26. The first-order valence-electron chi connectivity index (χ1n) is 12.3. The van der Waals surface area contributed by atoms with E-state index in [9.17, 15) is 4.79 Å². The molecule has 1 N–H and O–H groups in total. The molecule has 36 heavy (non-hydrogen) atoms. The summed E-state index contributed by atoms with van der Waals surface area (Å²) in [6, 6.07) is 28.6. The standard InChI is InChI=1S/C29H29N5OS/c1-3-25(28(35)30-20(2)22-14-8-5-9-15-22)36-29-31-27-26(32-33-29)23-16-10-11-17-24(23)34(27)19-18-21-12-6-4-7-13-21/h4-17,20,25H,3,18-19H2,1-2H3,(H,30,35). The Kier molecular flexibility index (Phi) is 7.28. The minimum absolute atomic E-state index is 0.0211. The molecule has 6 nitrogen and oxygen atoms in total. The van der Waals surface area contributed by atoms with Gasteiger partial charge in [-0.05, 0) is 37.0 Å². The predicted molar refractivity (Wildman–Crippen MR) is 146 cm³/mol. The summed E-state index contributed by atoms with van der Waals surface area (Å²) >= 11 is 1.37. The predicted octanol–water partition coefficient (Wildman–Crippen LogP) is 5.97. The zero-order chi connectivity index (χ0) is 24.9. The molecule has 5 rings (SSSR count). The summed E-state index contributed by atoms with van der Waals surface area (Å²) in [5, 5.41) is 13.3. The number of thioether (sulfide) groups is 1. The van der Waals surface area contributed by atoms with Gasteiger partial charge in [0, 0.05) is 11.9 Å². The van der Waals surface area contributed by atoms with Gasteiger partial charge in [-0.1, -0.05) is 97.5 Å². The van der Waals surface area contributed by atoms with E-state index in [0.29, 0.717) is 11.6 Å². The first kappa shape index (κ1) is 24.0. The second-order valence-electron chi connectivity index (χ2n) is 8.83. The van der Waals surface area contributed by atoms with Gasteiger partial charge in [-0.2, -0.15) is 0 Å². The quantitative estimate of drug-likeness (QED) is 0.255. The highest BCUT2D eigenvalue weighted by atomic mass is 32.2. The molecular weight excluding hydrogens is 466 g/mol. The number of aryl methyl sites for hydroxylation is 2. The van der Waals surface area contributed by atoms with Crippen LogP contribution in [0.3, 0.4) is 0 Å². The number of carbonyl (C=O) groups is 1. The maximum Gasteiger partial charge on any atom is 0.234 e. The molecule has 0 aliphatic rings. The Balaban J connectivity index is 1.40. The van der Waals surface area contributed by atoms with Crippen molar-refractivity contribution in [3.63, 3.8) is 0 Å². The van der Waals surface area contributed by atoms with Gasteiger partial charge >= 0.3 is 0 Å². The van der Waals surface area contributed by atoms with E-state index in [1.165, 1.54) is 17.3 Å². The number of amides is 1. The van der Waals surface area contributed by atoms with E-state index in [1.807, 2.05) is 62.4 Å². The van der Waals surface area contributed by atoms with Crippen LogP contribution >= 0.6 is 11.8 Å². The third-order valence-corrected chi connectivity index (χ3v) is 7.61. The fourth-order valence-electron chi connectivity index (χ4n) is 4.43. The number of benzene rings is 3. The van der Waals surface area contributed by atoms with Crippen molar-refractivity contribution in [1.29, 1.82) is 0 Å². The van der Waals surface area contributed by atoms with Gasteiger partial charge in [-0.25, -0.2) is 4.98 Å². The molecule has 3 aromatic carbocycles. The molecule has 0 fully saturated rings. The normalized spacial score (nSPS) is 13.1. The maximum atomic E-state index is 13.1. The van der Waals surface area contributed by atoms with Crippen LogP contribution in [-0.2, 0) is 17.8 Å². The molecule has 5 aromatic rings. The third-order valence-electron chi connectivity index (χ3n) is 6.39. The Morgan fingerprint density at radius 2 is 1.64 bits per heavy atom. The van der Waals surface area contributed by atoms with Crippen LogP contribution in [0.25, 0.3) is 22.1 Å². The van der Waals surface area contributed by atoms with Crippen LogP contribution < -0.4 is 5.32 Å². The lowest BCUT2D eigenvalue weighted by Gasteiger charge is -2.18. The third kappa shape index (κ3) is 5.11. The van der Waals surface area contributed by atoms with Crippen LogP contribution in [0.2, 0.25) is 0 Å². The average molecular weight is 496 g/mol. The van der Waals surface area contributed by atoms with E-state index < -0.39 is 0 Å². The van der Waals surface area contributed by atoms with Crippen molar-refractivity contribution in [2.75, 3.05) is 0 Å². The maximum absolute atomic E-state index is 13.1. The van der Waals surface area contributed by atoms with Gasteiger partial charge in [0.1, 0.15) is 5.52 Å². The second-order valence-corrected chi connectivity index (χ2v) is 10.00. The lowest BCUT2D eigenvalue weighted by molar-refractivity contribution is -0.121. The number of carbonyl (C=O) groups excluding carboxylic acids is 1. The number of fused-ring (bicyclic) bond motifs is 3. The van der Waals surface area contributed by atoms with Gasteiger partial charge in [0.15, 0.2) is 5.65 Å². The lowest BCUT2D eigenvalue weighted by Crippen LogP contribution is -2.34. The van der Waals surface area contributed by atoms with Crippen LogP contribution in [0.15, 0.2) is 90.1 Å². The molecular formula is C29H29N5OS. The number of nitrogens with zero attached hydrogens (tertiary/aromatic N) is 4. The van der Waals surface area contributed by atoms with Gasteiger partial charge in [0.25, 0.3) is 0 Å². The van der Waals surface area contributed by atoms with Crippen molar-refractivity contribution >= 4 is 39.7 Å². The highest BCUT2D eigenvalue weighted by Crippen LogP contribution is 2.29. The van der Waals surface area contributed by atoms with Crippen molar-refractivity contribution in [3.05, 3.63) is 96.1 Å². The summed E-state index contributed by atoms with van der Waals surface area (Å²) in [5.74, 6) is -0.0211. The first-order valence-corrected chi connectivity index (χ1v) is 13.2. The number of hydrogen-bond donors (Lipinski definition) is 1. The number of aromatic nitrogens is 4. The van der Waals surface area contributed by atoms with Crippen molar-refractivity contribution < 1.29 is 4.79 Å². The second kappa shape index (κ2) is 10.9. The summed E-state index contributed by atoms with van der Waals surface area (Å²) < 4.78 is 2.22. The van der Waals surface area contributed by atoms with Crippen LogP contribution in [0.1, 0.15) is 37.4 Å². The van der Waals surface area contributed by atoms with E-state index in [4.69, 9.17) is 4.98 Å². The Hall–Kier alpha value is -3.71. The van der Waals surface area contributed by atoms with Gasteiger partial charge in [0.05, 0.1) is 16.8 Å². The summed E-state index contributed by atoms with van der Waals surface area (Å²) in [6.45, 7) is 4.79. The van der Waals surface area contributed by atoms with Crippen molar-refractivity contribution in [2.24, 2.45) is 0 Å². The van der Waals surface area contributed by atoms with Crippen molar-refractivity contribution in [3.8, 4) is 0 Å². The summed E-state index contributed by atoms with van der Waals surface area (Å²) in [6.07, 6.45) is 1.55. The molecule has 2 unspecified atom stereocenters. The molecule has 2 atom stereocenters. The number of hydrogen-bond acceptors (Lipinski definition) is 5. The van der Waals surface area contributed by atoms with Gasteiger partial charge < -0.3 is 9.88 Å². The molecule has 0 saturated carbocycles. The minimum atomic E-state index is -0.308. The monoisotopic (exact) mass is 495 g/mol. The van der Waals surface area contributed by atoms with Crippen LogP contribution in [0.4, 0.5) is 0 Å². The van der Waals surface area contributed by atoms with Crippen LogP contribution in [-0.4, -0.2) is 30.9 Å². The first-order chi connectivity index (χ1) is 17.6. The summed E-state index contributed by atoms with van der Waals surface area (Å²) in [4.78, 5) is 18.0. The van der Waals surface area contributed by atoms with E-state index in [1.54, 1.807) is 0 Å². The summed E-state index contributed by atoms with van der Waals surface area (Å²) in [5.41, 5.74) is 5.04. The molecule has 2 aromatic heterocycles. The molecule has 0 aliphatic heterocycles. The minimum Gasteiger partial charge on any atom is -0.349 e. The number of nitrogens with one attached hydrogen (secondary N) is 1. The lowest BCUT2D eigenvalue weighted by atomic mass is 10.1. The highest BCUT2D eigenvalue weighted by molar-refractivity contribution is 8.00. The zero-order valence-electron chi connectivity index (χ0n) is 20.5. The largest absolute Gasteiger partial charge is 0.349 e. The Morgan fingerprint density at radius 3 is 2.39 bits per heavy atom. The molecule has 7 heteroatoms. The van der Waals surface area contributed by atoms with Crippen molar-refractivity contribution in [1.82, 2.24) is 25.1 Å². The van der Waals surface area contributed by atoms with Crippen molar-refractivity contribution in [2.45, 2.75) is 49.7 Å². The molecule has 0 spiro atoms. The zero-order valence-corrected chi connectivity index (χ0v) is 21.3. The molecule has 0 saturated heterocycles.